The highest BCUT2D eigenvalue weighted by Gasteiger charge is 2.21. The maximum absolute atomic E-state index is 13.2. The van der Waals surface area contributed by atoms with Crippen LogP contribution in [0.3, 0.4) is 0 Å². The Hall–Kier alpha value is -2.18. The van der Waals surface area contributed by atoms with Gasteiger partial charge in [0.1, 0.15) is 34.2 Å². The van der Waals surface area contributed by atoms with Gasteiger partial charge in [-0.15, -0.1) is 11.3 Å². The lowest BCUT2D eigenvalue weighted by molar-refractivity contribution is 0.146. The predicted octanol–water partition coefficient (Wildman–Crippen LogP) is 3.46. The van der Waals surface area contributed by atoms with Crippen LogP contribution in [0.15, 0.2) is 41.3 Å². The van der Waals surface area contributed by atoms with Crippen molar-refractivity contribution >= 4 is 45.2 Å². The Morgan fingerprint density at radius 1 is 1.32 bits per heavy atom. The molecule has 0 amide bonds. The van der Waals surface area contributed by atoms with Crippen LogP contribution in [0.2, 0.25) is 0 Å². The SMILES string of the molecule is Cn1cc(-c2nc(-c3cncs3)cc3c(=O)n(CC(C)(C)OI)cnc23)cn1. The maximum atomic E-state index is 13.2. The number of thiazole rings is 1. The van der Waals surface area contributed by atoms with E-state index in [9.17, 15) is 4.79 Å². The van der Waals surface area contributed by atoms with Crippen LogP contribution in [-0.4, -0.2) is 34.9 Å². The molecule has 0 fully saturated rings. The van der Waals surface area contributed by atoms with Crippen LogP contribution in [-0.2, 0) is 16.7 Å². The molecular formula is C18H17IN6O2S. The molecule has 0 atom stereocenters. The molecule has 0 aliphatic rings. The van der Waals surface area contributed by atoms with E-state index in [2.05, 4.69) is 15.1 Å². The second-order valence-electron chi connectivity index (χ2n) is 7.04. The minimum absolute atomic E-state index is 0.134. The van der Waals surface area contributed by atoms with E-state index in [-0.39, 0.29) is 5.56 Å². The fourth-order valence-electron chi connectivity index (χ4n) is 2.93. The largest absolute Gasteiger partial charge is 0.308 e. The summed E-state index contributed by atoms with van der Waals surface area (Å²) < 4.78 is 8.71. The Morgan fingerprint density at radius 3 is 2.79 bits per heavy atom. The molecule has 0 aromatic carbocycles. The van der Waals surface area contributed by atoms with Crippen LogP contribution in [0.1, 0.15) is 13.8 Å². The van der Waals surface area contributed by atoms with E-state index in [1.165, 1.54) is 11.3 Å². The zero-order chi connectivity index (χ0) is 19.9. The highest BCUT2D eigenvalue weighted by atomic mass is 127. The quantitative estimate of drug-likeness (QED) is 0.384. The van der Waals surface area contributed by atoms with Gasteiger partial charge >= 0.3 is 0 Å². The Kier molecular flexibility index (Phi) is 5.02. The minimum Gasteiger partial charge on any atom is -0.308 e. The second kappa shape index (κ2) is 7.33. The van der Waals surface area contributed by atoms with E-state index in [1.54, 1.807) is 39.5 Å². The van der Waals surface area contributed by atoms with Crippen molar-refractivity contribution in [3.8, 4) is 21.8 Å². The van der Waals surface area contributed by atoms with Gasteiger partial charge in [-0.1, -0.05) is 0 Å². The Labute approximate surface area is 178 Å². The van der Waals surface area contributed by atoms with E-state index in [1.807, 2.05) is 50.1 Å². The third kappa shape index (κ3) is 3.59. The van der Waals surface area contributed by atoms with E-state index in [0.29, 0.717) is 28.8 Å². The van der Waals surface area contributed by atoms with Gasteiger partial charge in [-0.3, -0.25) is 19.0 Å². The highest BCUT2D eigenvalue weighted by Crippen LogP contribution is 2.30. The van der Waals surface area contributed by atoms with Gasteiger partial charge in [0.25, 0.3) is 5.56 Å². The lowest BCUT2D eigenvalue weighted by Gasteiger charge is -2.22. The molecule has 0 aliphatic heterocycles. The third-order valence-corrected chi connectivity index (χ3v) is 6.22. The summed E-state index contributed by atoms with van der Waals surface area (Å²) in [5.41, 5.74) is 3.78. The summed E-state index contributed by atoms with van der Waals surface area (Å²) in [7, 11) is 1.84. The van der Waals surface area contributed by atoms with Gasteiger partial charge in [0, 0.05) is 25.0 Å². The average Bonchev–Trinajstić information content (AvgIpc) is 3.35. The zero-order valence-electron chi connectivity index (χ0n) is 15.5. The topological polar surface area (TPSA) is 87.7 Å². The molecule has 0 saturated heterocycles. The summed E-state index contributed by atoms with van der Waals surface area (Å²) >= 11 is 3.33. The van der Waals surface area contributed by atoms with Crippen molar-refractivity contribution in [1.82, 2.24) is 29.3 Å². The first-order chi connectivity index (χ1) is 13.4. The molecule has 0 radical (unpaired) electrons. The first-order valence-electron chi connectivity index (χ1n) is 8.46. The fraction of sp³-hybridized carbons (Fsp3) is 0.278. The Bertz CT molecular complexity index is 1200. The molecule has 0 N–H and O–H groups in total. The second-order valence-corrected chi connectivity index (χ2v) is 8.36. The Balaban J connectivity index is 1.98. The van der Waals surface area contributed by atoms with Crippen LogP contribution in [0.5, 0.6) is 0 Å². The van der Waals surface area contributed by atoms with Crippen molar-refractivity contribution in [2.45, 2.75) is 26.0 Å². The van der Waals surface area contributed by atoms with Crippen LogP contribution < -0.4 is 5.56 Å². The van der Waals surface area contributed by atoms with E-state index >= 15 is 0 Å². The molecule has 4 aromatic heterocycles. The first-order valence-corrected chi connectivity index (χ1v) is 10.2. The molecule has 4 aromatic rings. The monoisotopic (exact) mass is 508 g/mol. The van der Waals surface area contributed by atoms with Crippen molar-refractivity contribution in [1.29, 1.82) is 0 Å². The molecule has 28 heavy (non-hydrogen) atoms. The molecule has 10 heteroatoms. The van der Waals surface area contributed by atoms with Gasteiger partial charge in [-0.2, -0.15) is 5.10 Å². The number of hydrogen-bond acceptors (Lipinski definition) is 7. The molecule has 0 bridgehead atoms. The smallest absolute Gasteiger partial charge is 0.261 e. The summed E-state index contributed by atoms with van der Waals surface area (Å²) in [5, 5.41) is 4.73. The van der Waals surface area contributed by atoms with Gasteiger partial charge in [0.05, 0.1) is 46.1 Å². The normalized spacial score (nSPS) is 12.0. The lowest BCUT2D eigenvalue weighted by atomic mass is 10.1. The number of aromatic nitrogens is 6. The predicted molar refractivity (Wildman–Crippen MR) is 116 cm³/mol. The molecule has 0 aliphatic carbocycles. The number of pyridine rings is 1. The third-order valence-electron chi connectivity index (χ3n) is 4.23. The summed E-state index contributed by atoms with van der Waals surface area (Å²) in [6, 6.07) is 1.78. The number of halogens is 1. The van der Waals surface area contributed by atoms with Crippen molar-refractivity contribution in [3.05, 3.63) is 46.8 Å². The van der Waals surface area contributed by atoms with Crippen LogP contribution in [0.4, 0.5) is 0 Å². The summed E-state index contributed by atoms with van der Waals surface area (Å²) in [5.74, 6) is 0. The highest BCUT2D eigenvalue weighted by molar-refractivity contribution is 14.1. The molecule has 0 unspecified atom stereocenters. The lowest BCUT2D eigenvalue weighted by Crippen LogP contribution is -2.33. The van der Waals surface area contributed by atoms with Gasteiger partial charge < -0.3 is 3.07 Å². The maximum Gasteiger partial charge on any atom is 0.261 e. The van der Waals surface area contributed by atoms with Crippen molar-refractivity contribution in [3.63, 3.8) is 0 Å². The summed E-state index contributed by atoms with van der Waals surface area (Å²) in [6.07, 6.45) is 6.88. The van der Waals surface area contributed by atoms with Crippen LogP contribution >= 0.6 is 34.3 Å². The molecule has 4 heterocycles. The minimum atomic E-state index is -0.501. The number of hydrogen-bond donors (Lipinski definition) is 0. The number of nitrogens with zero attached hydrogens (tertiary/aromatic N) is 6. The summed E-state index contributed by atoms with van der Waals surface area (Å²) in [4.78, 5) is 27.6. The van der Waals surface area contributed by atoms with E-state index in [0.717, 1.165) is 10.4 Å². The molecule has 144 valence electrons. The van der Waals surface area contributed by atoms with Crippen molar-refractivity contribution in [2.75, 3.05) is 0 Å². The number of aryl methyl sites for hydroxylation is 1. The van der Waals surface area contributed by atoms with E-state index in [4.69, 9.17) is 8.05 Å². The number of rotatable bonds is 5. The van der Waals surface area contributed by atoms with Gasteiger partial charge in [-0.25, -0.2) is 9.97 Å². The molecule has 0 spiro atoms. The number of fused-ring (bicyclic) bond motifs is 1. The van der Waals surface area contributed by atoms with Crippen molar-refractivity contribution in [2.24, 2.45) is 7.05 Å². The van der Waals surface area contributed by atoms with Crippen LogP contribution in [0, 0.1) is 0 Å². The van der Waals surface area contributed by atoms with E-state index < -0.39 is 5.60 Å². The van der Waals surface area contributed by atoms with Gasteiger partial charge in [0.15, 0.2) is 0 Å². The fourth-order valence-corrected chi connectivity index (χ4v) is 3.65. The molecule has 4 rings (SSSR count). The summed E-state index contributed by atoms with van der Waals surface area (Å²) in [6.45, 7) is 4.23. The van der Waals surface area contributed by atoms with Crippen LogP contribution in [0.25, 0.3) is 32.7 Å². The van der Waals surface area contributed by atoms with Gasteiger partial charge in [0.2, 0.25) is 0 Å². The average molecular weight is 508 g/mol. The standard InChI is InChI=1S/C18H17IN6O2S/c1-18(2,27-19)8-25-9-21-16-12(17(25)26)4-13(14-6-20-10-28-14)23-15(16)11-5-22-24(3)7-11/h4-7,9-10H,8H2,1-3H3. The Morgan fingerprint density at radius 2 is 2.14 bits per heavy atom. The molecule has 8 nitrogen and oxygen atoms in total. The first kappa shape index (κ1) is 19.2. The van der Waals surface area contributed by atoms with Crippen molar-refractivity contribution < 1.29 is 3.07 Å². The molecule has 0 saturated carbocycles. The molecular weight excluding hydrogens is 491 g/mol. The van der Waals surface area contributed by atoms with Gasteiger partial charge in [-0.05, 0) is 19.9 Å². The zero-order valence-corrected chi connectivity index (χ0v) is 18.4.